The predicted molar refractivity (Wildman–Crippen MR) is 88.1 cm³/mol. The second kappa shape index (κ2) is 6.17. The summed E-state index contributed by atoms with van der Waals surface area (Å²) in [5, 5.41) is 0. The summed E-state index contributed by atoms with van der Waals surface area (Å²) in [5.74, 6) is 0. The van der Waals surface area contributed by atoms with Crippen molar-refractivity contribution in [1.82, 2.24) is 4.72 Å². The lowest BCUT2D eigenvalue weighted by atomic mass is 10.2. The molecule has 1 unspecified atom stereocenters. The van der Waals surface area contributed by atoms with Crippen LogP contribution in [0.1, 0.15) is 22.2 Å². The summed E-state index contributed by atoms with van der Waals surface area (Å²) in [6, 6.07) is 8.71. The van der Waals surface area contributed by atoms with Crippen molar-refractivity contribution in [3.63, 3.8) is 0 Å². The third-order valence-electron chi connectivity index (χ3n) is 3.22. The molecule has 2 rings (SSSR count). The molecule has 0 spiro atoms. The van der Waals surface area contributed by atoms with Gasteiger partial charge in [0, 0.05) is 21.5 Å². The van der Waals surface area contributed by atoms with E-state index >= 15 is 0 Å². The molecule has 114 valence electrons. The number of nitrogen functional groups attached to an aromatic ring is 1. The number of benzene rings is 1. The molecule has 0 fully saturated rings. The molecule has 0 aliphatic carbocycles. The second-order valence-electron chi connectivity index (χ2n) is 5.26. The van der Waals surface area contributed by atoms with E-state index in [1.807, 2.05) is 32.9 Å². The van der Waals surface area contributed by atoms with Gasteiger partial charge in [-0.1, -0.05) is 6.07 Å². The zero-order valence-corrected chi connectivity index (χ0v) is 14.0. The Labute approximate surface area is 130 Å². The van der Waals surface area contributed by atoms with E-state index in [2.05, 4.69) is 4.72 Å². The highest BCUT2D eigenvalue weighted by Crippen LogP contribution is 2.19. The summed E-state index contributed by atoms with van der Waals surface area (Å²) in [7, 11) is -3.54. The molecule has 21 heavy (non-hydrogen) atoms. The topological polar surface area (TPSA) is 72.2 Å². The van der Waals surface area contributed by atoms with Crippen LogP contribution in [0.25, 0.3) is 0 Å². The minimum Gasteiger partial charge on any atom is -0.398 e. The van der Waals surface area contributed by atoms with E-state index < -0.39 is 10.0 Å². The average Bonchev–Trinajstić information content (AvgIpc) is 2.77. The maximum absolute atomic E-state index is 12.3. The number of anilines is 1. The monoisotopic (exact) mass is 324 g/mol. The smallest absolute Gasteiger partial charge is 0.240 e. The first-order valence-corrected chi connectivity index (χ1v) is 9.01. The number of hydrogen-bond acceptors (Lipinski definition) is 4. The molecule has 0 saturated carbocycles. The maximum atomic E-state index is 12.3. The molecular weight excluding hydrogens is 304 g/mol. The summed E-state index contributed by atoms with van der Waals surface area (Å²) in [5.41, 5.74) is 7.14. The maximum Gasteiger partial charge on any atom is 0.240 e. The molecule has 0 saturated heterocycles. The summed E-state index contributed by atoms with van der Waals surface area (Å²) in [6.45, 7) is 5.75. The SMILES string of the molecule is Cc1ccc(CC(C)NS(=O)(=O)c2ccc(C)c(N)c2)s1. The molecule has 1 aromatic heterocycles. The first kappa shape index (κ1) is 16.0. The third-order valence-corrected chi connectivity index (χ3v) is 5.83. The van der Waals surface area contributed by atoms with Crippen molar-refractivity contribution >= 4 is 27.0 Å². The Balaban J connectivity index is 2.11. The van der Waals surface area contributed by atoms with Crippen LogP contribution < -0.4 is 10.5 Å². The average molecular weight is 324 g/mol. The van der Waals surface area contributed by atoms with E-state index in [1.54, 1.807) is 23.5 Å². The molecule has 1 aromatic carbocycles. The fourth-order valence-corrected chi connectivity index (χ4v) is 4.35. The molecule has 0 amide bonds. The number of thiophene rings is 1. The van der Waals surface area contributed by atoms with Crippen LogP contribution in [-0.4, -0.2) is 14.5 Å². The zero-order chi connectivity index (χ0) is 15.6. The van der Waals surface area contributed by atoms with Crippen LogP contribution in [0, 0.1) is 13.8 Å². The summed E-state index contributed by atoms with van der Waals surface area (Å²) < 4.78 is 27.4. The molecule has 1 atom stereocenters. The van der Waals surface area contributed by atoms with Gasteiger partial charge in [-0.2, -0.15) is 0 Å². The van der Waals surface area contributed by atoms with E-state index in [1.165, 1.54) is 15.8 Å². The van der Waals surface area contributed by atoms with Crippen molar-refractivity contribution < 1.29 is 8.42 Å². The normalized spacial score (nSPS) is 13.3. The van der Waals surface area contributed by atoms with E-state index in [0.29, 0.717) is 12.1 Å². The number of hydrogen-bond donors (Lipinski definition) is 2. The lowest BCUT2D eigenvalue weighted by molar-refractivity contribution is 0.561. The third kappa shape index (κ3) is 4.06. The summed E-state index contributed by atoms with van der Waals surface area (Å²) in [4.78, 5) is 2.61. The summed E-state index contributed by atoms with van der Waals surface area (Å²) >= 11 is 1.69. The van der Waals surface area contributed by atoms with Gasteiger partial charge in [0.2, 0.25) is 10.0 Å². The van der Waals surface area contributed by atoms with E-state index in [9.17, 15) is 8.42 Å². The second-order valence-corrected chi connectivity index (χ2v) is 8.34. The minimum atomic E-state index is -3.54. The van der Waals surface area contributed by atoms with Gasteiger partial charge in [-0.15, -0.1) is 11.3 Å². The highest BCUT2D eigenvalue weighted by atomic mass is 32.2. The Bertz CT molecular complexity index is 736. The van der Waals surface area contributed by atoms with Crippen LogP contribution in [0.2, 0.25) is 0 Å². The highest BCUT2D eigenvalue weighted by Gasteiger charge is 2.18. The number of rotatable bonds is 5. The van der Waals surface area contributed by atoms with Gasteiger partial charge in [0.25, 0.3) is 0 Å². The van der Waals surface area contributed by atoms with Gasteiger partial charge in [-0.25, -0.2) is 13.1 Å². The van der Waals surface area contributed by atoms with Gasteiger partial charge in [-0.05, 0) is 57.0 Å². The molecule has 0 radical (unpaired) electrons. The molecular formula is C15H20N2O2S2. The Hall–Kier alpha value is -1.37. The van der Waals surface area contributed by atoms with Gasteiger partial charge < -0.3 is 5.73 Å². The van der Waals surface area contributed by atoms with Crippen molar-refractivity contribution in [2.45, 2.75) is 38.1 Å². The van der Waals surface area contributed by atoms with Crippen molar-refractivity contribution in [3.05, 3.63) is 45.6 Å². The number of sulfonamides is 1. The Kier molecular flexibility index (Phi) is 4.70. The predicted octanol–water partition coefficient (Wildman–Crippen LogP) is 2.86. The van der Waals surface area contributed by atoms with Crippen LogP contribution in [0.5, 0.6) is 0 Å². The standard InChI is InChI=1S/C15H20N2O2S2/c1-10-4-7-14(9-15(10)16)21(18,19)17-11(2)8-13-6-5-12(3)20-13/h4-7,9,11,17H,8,16H2,1-3H3. The largest absolute Gasteiger partial charge is 0.398 e. The van der Waals surface area contributed by atoms with Gasteiger partial charge in [0.05, 0.1) is 4.90 Å². The van der Waals surface area contributed by atoms with Gasteiger partial charge >= 0.3 is 0 Å². The molecule has 0 bridgehead atoms. The molecule has 0 aliphatic rings. The first-order valence-electron chi connectivity index (χ1n) is 6.72. The Morgan fingerprint density at radius 3 is 2.52 bits per heavy atom. The lowest BCUT2D eigenvalue weighted by Gasteiger charge is -2.14. The Morgan fingerprint density at radius 2 is 1.95 bits per heavy atom. The molecule has 1 heterocycles. The van der Waals surface area contributed by atoms with E-state index in [4.69, 9.17) is 5.73 Å². The van der Waals surface area contributed by atoms with Gasteiger partial charge in [0.15, 0.2) is 0 Å². The van der Waals surface area contributed by atoms with Gasteiger partial charge in [0.1, 0.15) is 0 Å². The first-order chi connectivity index (χ1) is 9.78. The molecule has 0 aliphatic heterocycles. The van der Waals surface area contributed by atoms with E-state index in [-0.39, 0.29) is 10.9 Å². The quantitative estimate of drug-likeness (QED) is 0.831. The zero-order valence-electron chi connectivity index (χ0n) is 12.4. The van der Waals surface area contributed by atoms with Crippen molar-refractivity contribution in [1.29, 1.82) is 0 Å². The molecule has 2 aromatic rings. The fraction of sp³-hybridized carbons (Fsp3) is 0.333. The van der Waals surface area contributed by atoms with Gasteiger partial charge in [-0.3, -0.25) is 0 Å². The van der Waals surface area contributed by atoms with Crippen LogP contribution in [0.3, 0.4) is 0 Å². The Morgan fingerprint density at radius 1 is 1.24 bits per heavy atom. The molecule has 4 nitrogen and oxygen atoms in total. The number of nitrogens with one attached hydrogen (secondary N) is 1. The van der Waals surface area contributed by atoms with Crippen LogP contribution in [0.15, 0.2) is 35.2 Å². The van der Waals surface area contributed by atoms with Crippen LogP contribution in [0.4, 0.5) is 5.69 Å². The highest BCUT2D eigenvalue weighted by molar-refractivity contribution is 7.89. The van der Waals surface area contributed by atoms with Crippen molar-refractivity contribution in [3.8, 4) is 0 Å². The van der Waals surface area contributed by atoms with Crippen molar-refractivity contribution in [2.75, 3.05) is 5.73 Å². The molecule has 6 heteroatoms. The fourth-order valence-electron chi connectivity index (χ4n) is 2.06. The lowest BCUT2D eigenvalue weighted by Crippen LogP contribution is -2.34. The van der Waals surface area contributed by atoms with Crippen LogP contribution in [-0.2, 0) is 16.4 Å². The minimum absolute atomic E-state index is 0.171. The summed E-state index contributed by atoms with van der Waals surface area (Å²) in [6.07, 6.45) is 0.680. The van der Waals surface area contributed by atoms with Crippen molar-refractivity contribution in [2.24, 2.45) is 0 Å². The molecule has 3 N–H and O–H groups in total. The van der Waals surface area contributed by atoms with E-state index in [0.717, 1.165) is 5.56 Å². The number of aryl methyl sites for hydroxylation is 2. The van der Waals surface area contributed by atoms with Crippen LogP contribution >= 0.6 is 11.3 Å². The number of nitrogens with two attached hydrogens (primary N) is 1.